The number of halogens is 1. The van der Waals surface area contributed by atoms with Crippen molar-refractivity contribution in [2.24, 2.45) is 0 Å². The van der Waals surface area contributed by atoms with Crippen LogP contribution in [-0.4, -0.2) is 31.2 Å². The maximum Gasteiger partial charge on any atom is 0.305 e. The molecule has 7 heteroatoms. The van der Waals surface area contributed by atoms with Crippen LogP contribution >= 0.6 is 11.6 Å². The summed E-state index contributed by atoms with van der Waals surface area (Å²) in [7, 11) is 2.99. The Kier molecular flexibility index (Phi) is 6.25. The number of methoxy groups -OCH3 is 2. The number of ether oxygens (including phenoxy) is 2. The third-order valence-electron chi connectivity index (χ3n) is 3.61. The molecule has 1 atom stereocenters. The van der Waals surface area contributed by atoms with Gasteiger partial charge in [-0.1, -0.05) is 29.8 Å². The molecule has 0 heterocycles. The first-order valence-electron chi connectivity index (χ1n) is 7.45. The van der Waals surface area contributed by atoms with Crippen LogP contribution in [0.15, 0.2) is 42.5 Å². The fraction of sp³-hybridized carbons (Fsp3) is 0.222. The Morgan fingerprint density at radius 3 is 2.40 bits per heavy atom. The van der Waals surface area contributed by atoms with Crippen LogP contribution in [0.1, 0.15) is 28.4 Å². The highest BCUT2D eigenvalue weighted by atomic mass is 35.5. The summed E-state index contributed by atoms with van der Waals surface area (Å²) in [4.78, 5) is 23.7. The molecule has 2 aromatic carbocycles. The van der Waals surface area contributed by atoms with Crippen LogP contribution in [0.2, 0.25) is 5.02 Å². The zero-order valence-corrected chi connectivity index (χ0v) is 14.5. The number of carboxylic acids is 1. The first-order chi connectivity index (χ1) is 12.0. The van der Waals surface area contributed by atoms with Crippen molar-refractivity contribution in [1.29, 1.82) is 0 Å². The van der Waals surface area contributed by atoms with Gasteiger partial charge in [0.25, 0.3) is 5.91 Å². The third kappa shape index (κ3) is 4.64. The van der Waals surface area contributed by atoms with E-state index in [0.717, 1.165) is 0 Å². The van der Waals surface area contributed by atoms with Gasteiger partial charge in [0.1, 0.15) is 0 Å². The molecule has 0 radical (unpaired) electrons. The average molecular weight is 364 g/mol. The number of aliphatic carboxylic acids is 1. The summed E-state index contributed by atoms with van der Waals surface area (Å²) >= 11 is 6.03. The van der Waals surface area contributed by atoms with Gasteiger partial charge in [-0.15, -0.1) is 0 Å². The van der Waals surface area contributed by atoms with Crippen LogP contribution < -0.4 is 14.8 Å². The minimum atomic E-state index is -1.04. The number of benzene rings is 2. The number of nitrogens with one attached hydrogen (secondary N) is 1. The zero-order chi connectivity index (χ0) is 18.4. The molecule has 0 fully saturated rings. The maximum absolute atomic E-state index is 12.5. The van der Waals surface area contributed by atoms with E-state index in [0.29, 0.717) is 22.1 Å². The van der Waals surface area contributed by atoms with Gasteiger partial charge in [-0.25, -0.2) is 0 Å². The smallest absolute Gasteiger partial charge is 0.305 e. The van der Waals surface area contributed by atoms with Crippen LogP contribution in [0.4, 0.5) is 0 Å². The molecule has 0 spiro atoms. The van der Waals surface area contributed by atoms with E-state index in [1.165, 1.54) is 14.2 Å². The summed E-state index contributed by atoms with van der Waals surface area (Å²) in [5.74, 6) is -0.536. The van der Waals surface area contributed by atoms with Crippen molar-refractivity contribution in [3.05, 3.63) is 58.6 Å². The highest BCUT2D eigenvalue weighted by molar-refractivity contribution is 6.33. The minimum absolute atomic E-state index is 0.278. The molecule has 0 aliphatic rings. The standard InChI is InChI=1S/C18H18ClNO5/c1-24-15-8-7-11(9-16(15)25-2)14(10-17(21)22)20-18(23)12-5-3-4-6-13(12)19/h3-9,14H,10H2,1-2H3,(H,20,23)(H,21,22)/t14-/m0/s1. The van der Waals surface area contributed by atoms with Crippen LogP contribution in [-0.2, 0) is 4.79 Å². The summed E-state index contributed by atoms with van der Waals surface area (Å²) < 4.78 is 10.4. The minimum Gasteiger partial charge on any atom is -0.493 e. The molecule has 0 aliphatic carbocycles. The Morgan fingerprint density at radius 1 is 1.12 bits per heavy atom. The fourth-order valence-corrected chi connectivity index (χ4v) is 2.60. The number of amides is 1. The lowest BCUT2D eigenvalue weighted by Gasteiger charge is -2.19. The van der Waals surface area contributed by atoms with E-state index in [1.54, 1.807) is 42.5 Å². The predicted molar refractivity (Wildman–Crippen MR) is 93.5 cm³/mol. The molecule has 0 unspecified atom stereocenters. The summed E-state index contributed by atoms with van der Waals surface area (Å²) in [6, 6.07) is 10.8. The summed E-state index contributed by atoms with van der Waals surface area (Å²) in [6.45, 7) is 0. The van der Waals surface area contributed by atoms with Crippen molar-refractivity contribution in [3.63, 3.8) is 0 Å². The van der Waals surface area contributed by atoms with Crippen molar-refractivity contribution < 1.29 is 24.2 Å². The highest BCUT2D eigenvalue weighted by Gasteiger charge is 2.21. The molecule has 6 nitrogen and oxygen atoms in total. The molecular weight excluding hydrogens is 346 g/mol. The number of hydrogen-bond acceptors (Lipinski definition) is 4. The van der Waals surface area contributed by atoms with Gasteiger partial charge in [-0.2, -0.15) is 0 Å². The SMILES string of the molecule is COc1ccc([C@H](CC(=O)O)NC(=O)c2ccccc2Cl)cc1OC. The normalized spacial score (nSPS) is 11.5. The molecule has 0 aromatic heterocycles. The molecule has 2 N–H and O–H groups in total. The number of carbonyl (C=O) groups is 2. The lowest BCUT2D eigenvalue weighted by atomic mass is 10.0. The van der Waals surface area contributed by atoms with Gasteiger partial charge in [0, 0.05) is 0 Å². The van der Waals surface area contributed by atoms with Gasteiger partial charge in [-0.05, 0) is 29.8 Å². The quantitative estimate of drug-likeness (QED) is 0.788. The van der Waals surface area contributed by atoms with Crippen molar-refractivity contribution in [2.45, 2.75) is 12.5 Å². The van der Waals surface area contributed by atoms with Crippen molar-refractivity contribution >= 4 is 23.5 Å². The van der Waals surface area contributed by atoms with E-state index in [9.17, 15) is 14.7 Å². The lowest BCUT2D eigenvalue weighted by Crippen LogP contribution is -2.30. The Hall–Kier alpha value is -2.73. The Labute approximate surface area is 150 Å². The molecular formula is C18H18ClNO5. The molecule has 0 aliphatic heterocycles. The van der Waals surface area contributed by atoms with Gasteiger partial charge < -0.3 is 19.9 Å². The first kappa shape index (κ1) is 18.6. The van der Waals surface area contributed by atoms with Gasteiger partial charge in [0.15, 0.2) is 11.5 Å². The zero-order valence-electron chi connectivity index (χ0n) is 13.8. The number of rotatable bonds is 7. The Morgan fingerprint density at radius 2 is 1.80 bits per heavy atom. The van der Waals surface area contributed by atoms with Crippen LogP contribution in [0.5, 0.6) is 11.5 Å². The molecule has 1 amide bonds. The molecule has 132 valence electrons. The topological polar surface area (TPSA) is 84.9 Å². The second kappa shape index (κ2) is 8.39. The van der Waals surface area contributed by atoms with Gasteiger partial charge in [-0.3, -0.25) is 9.59 Å². The number of carboxylic acid groups (broad SMARTS) is 1. The molecule has 0 saturated carbocycles. The van der Waals surface area contributed by atoms with E-state index < -0.39 is 17.9 Å². The number of carbonyl (C=O) groups excluding carboxylic acids is 1. The van der Waals surface area contributed by atoms with Gasteiger partial charge >= 0.3 is 5.97 Å². The lowest BCUT2D eigenvalue weighted by molar-refractivity contribution is -0.137. The molecule has 0 bridgehead atoms. The van der Waals surface area contributed by atoms with Crippen LogP contribution in [0.25, 0.3) is 0 Å². The predicted octanol–water partition coefficient (Wildman–Crippen LogP) is 3.30. The van der Waals surface area contributed by atoms with Crippen LogP contribution in [0.3, 0.4) is 0 Å². The van der Waals surface area contributed by atoms with E-state index in [-0.39, 0.29) is 12.0 Å². The summed E-state index contributed by atoms with van der Waals surface area (Å²) in [5, 5.41) is 12.2. The highest BCUT2D eigenvalue weighted by Crippen LogP contribution is 2.31. The van der Waals surface area contributed by atoms with E-state index in [2.05, 4.69) is 5.32 Å². The fourth-order valence-electron chi connectivity index (χ4n) is 2.38. The van der Waals surface area contributed by atoms with Crippen molar-refractivity contribution in [3.8, 4) is 11.5 Å². The second-order valence-corrected chi connectivity index (χ2v) is 5.63. The molecule has 25 heavy (non-hydrogen) atoms. The van der Waals surface area contributed by atoms with E-state index >= 15 is 0 Å². The largest absolute Gasteiger partial charge is 0.493 e. The molecule has 2 rings (SSSR count). The first-order valence-corrected chi connectivity index (χ1v) is 7.83. The average Bonchev–Trinajstić information content (AvgIpc) is 2.60. The number of hydrogen-bond donors (Lipinski definition) is 2. The van der Waals surface area contributed by atoms with E-state index in [1.807, 2.05) is 0 Å². The second-order valence-electron chi connectivity index (χ2n) is 5.22. The monoisotopic (exact) mass is 363 g/mol. The Balaban J connectivity index is 2.32. The molecule has 0 saturated heterocycles. The third-order valence-corrected chi connectivity index (χ3v) is 3.94. The van der Waals surface area contributed by atoms with E-state index in [4.69, 9.17) is 21.1 Å². The summed E-state index contributed by atoms with van der Waals surface area (Å²) in [6.07, 6.45) is -0.286. The van der Waals surface area contributed by atoms with Crippen LogP contribution in [0, 0.1) is 0 Å². The Bertz CT molecular complexity index is 778. The van der Waals surface area contributed by atoms with Gasteiger partial charge in [0.2, 0.25) is 0 Å². The maximum atomic E-state index is 12.5. The molecule has 2 aromatic rings. The van der Waals surface area contributed by atoms with Crippen molar-refractivity contribution in [2.75, 3.05) is 14.2 Å². The van der Waals surface area contributed by atoms with Gasteiger partial charge in [0.05, 0.1) is 37.3 Å². The summed E-state index contributed by atoms with van der Waals surface area (Å²) in [5.41, 5.74) is 0.862. The van der Waals surface area contributed by atoms with Crippen molar-refractivity contribution in [1.82, 2.24) is 5.32 Å².